The zero-order chi connectivity index (χ0) is 18.1. The molecule has 2 aliphatic heterocycles. The van der Waals surface area contributed by atoms with Gasteiger partial charge in [0, 0.05) is 34.8 Å². The minimum atomic E-state index is 0.0886. The lowest BCUT2D eigenvalue weighted by molar-refractivity contribution is -0.124. The van der Waals surface area contributed by atoms with E-state index in [1.165, 1.54) is 11.1 Å². The maximum Gasteiger partial charge on any atom is 0.231 e. The summed E-state index contributed by atoms with van der Waals surface area (Å²) in [4.78, 5) is 17.6. The first-order chi connectivity index (χ1) is 12.6. The third-order valence-corrected chi connectivity index (χ3v) is 6.12. The maximum atomic E-state index is 13.2. The molecule has 3 nitrogen and oxygen atoms in total. The van der Waals surface area contributed by atoms with Gasteiger partial charge < -0.3 is 4.90 Å². The molecule has 0 spiro atoms. The lowest BCUT2D eigenvalue weighted by Crippen LogP contribution is -2.44. The minimum Gasteiger partial charge on any atom is -0.312 e. The topological polar surface area (TPSA) is 23.6 Å². The van der Waals surface area contributed by atoms with E-state index in [4.69, 9.17) is 11.6 Å². The van der Waals surface area contributed by atoms with E-state index in [0.29, 0.717) is 0 Å². The van der Waals surface area contributed by atoms with E-state index in [2.05, 4.69) is 45.1 Å². The molecule has 4 rings (SSSR count). The summed E-state index contributed by atoms with van der Waals surface area (Å²) < 4.78 is 1.08. The van der Waals surface area contributed by atoms with E-state index in [1.54, 1.807) is 0 Å². The molecule has 0 aliphatic carbocycles. The molecule has 136 valence electrons. The van der Waals surface area contributed by atoms with Crippen molar-refractivity contribution in [1.82, 2.24) is 4.90 Å². The number of benzene rings is 2. The van der Waals surface area contributed by atoms with E-state index in [9.17, 15) is 4.79 Å². The molecular weight excluding hydrogens is 412 g/mol. The number of piperidine rings is 1. The molecule has 0 saturated carbocycles. The van der Waals surface area contributed by atoms with Crippen molar-refractivity contribution >= 4 is 39.1 Å². The van der Waals surface area contributed by atoms with Gasteiger partial charge in [-0.3, -0.25) is 9.69 Å². The van der Waals surface area contributed by atoms with E-state index in [0.717, 1.165) is 60.6 Å². The molecule has 0 N–H and O–H groups in total. The Labute approximate surface area is 168 Å². The highest BCUT2D eigenvalue weighted by Gasteiger charge is 2.33. The number of carbonyl (C=O) groups is 1. The van der Waals surface area contributed by atoms with Crippen LogP contribution < -0.4 is 4.90 Å². The zero-order valence-corrected chi connectivity index (χ0v) is 17.0. The number of rotatable bonds is 3. The van der Waals surface area contributed by atoms with Crippen molar-refractivity contribution in [1.29, 1.82) is 0 Å². The smallest absolute Gasteiger partial charge is 0.231 e. The number of amides is 1. The molecule has 0 aromatic heterocycles. The van der Waals surface area contributed by atoms with Crippen molar-refractivity contribution in [3.8, 4) is 0 Å². The number of hydrogen-bond donors (Lipinski definition) is 0. The van der Waals surface area contributed by atoms with Gasteiger partial charge in [0.2, 0.25) is 5.91 Å². The van der Waals surface area contributed by atoms with Gasteiger partial charge in [-0.25, -0.2) is 0 Å². The fraction of sp³-hybridized carbons (Fsp3) is 0.381. The first-order valence-electron chi connectivity index (χ1n) is 9.17. The second-order valence-corrected chi connectivity index (χ2v) is 8.57. The number of nitrogens with zero attached hydrogens (tertiary/aromatic N) is 2. The highest BCUT2D eigenvalue weighted by Crippen LogP contribution is 2.33. The average Bonchev–Trinajstić information content (AvgIpc) is 3.06. The Balaban J connectivity index is 1.43. The Morgan fingerprint density at radius 3 is 2.77 bits per heavy atom. The summed E-state index contributed by atoms with van der Waals surface area (Å²) in [5, 5.41) is 0.764. The Morgan fingerprint density at radius 1 is 1.15 bits per heavy atom. The van der Waals surface area contributed by atoms with Gasteiger partial charge in [-0.15, -0.1) is 0 Å². The van der Waals surface area contributed by atoms with Crippen molar-refractivity contribution in [2.24, 2.45) is 5.92 Å². The fourth-order valence-corrected chi connectivity index (χ4v) is 4.60. The highest BCUT2D eigenvalue weighted by molar-refractivity contribution is 9.10. The van der Waals surface area contributed by atoms with E-state index in [1.807, 2.05) is 23.1 Å². The van der Waals surface area contributed by atoms with Crippen molar-refractivity contribution in [2.75, 3.05) is 24.5 Å². The lowest BCUT2D eigenvalue weighted by atomic mass is 9.96. The second kappa shape index (κ2) is 7.71. The molecule has 2 aliphatic rings. The zero-order valence-electron chi connectivity index (χ0n) is 14.6. The van der Waals surface area contributed by atoms with Gasteiger partial charge in [0.25, 0.3) is 0 Å². The van der Waals surface area contributed by atoms with Crippen molar-refractivity contribution in [3.63, 3.8) is 0 Å². The summed E-state index contributed by atoms with van der Waals surface area (Å²) in [5.41, 5.74) is 3.61. The Bertz CT molecular complexity index is 808. The van der Waals surface area contributed by atoms with Crippen LogP contribution in [0.2, 0.25) is 5.02 Å². The van der Waals surface area contributed by atoms with Crippen LogP contribution in [0.3, 0.4) is 0 Å². The summed E-state index contributed by atoms with van der Waals surface area (Å²) in [5.74, 6) is 0.373. The summed E-state index contributed by atoms with van der Waals surface area (Å²) in [6, 6.07) is 14.2. The molecule has 26 heavy (non-hydrogen) atoms. The van der Waals surface area contributed by atoms with Crippen molar-refractivity contribution in [2.45, 2.75) is 25.8 Å². The lowest BCUT2D eigenvalue weighted by Gasteiger charge is -2.34. The molecule has 1 fully saturated rings. The molecule has 2 aromatic rings. The van der Waals surface area contributed by atoms with Gasteiger partial charge in [-0.2, -0.15) is 0 Å². The fourth-order valence-electron chi connectivity index (χ4n) is 4.07. The van der Waals surface area contributed by atoms with Gasteiger partial charge in [0.15, 0.2) is 0 Å². The van der Waals surface area contributed by atoms with Gasteiger partial charge in [0.1, 0.15) is 0 Å². The van der Waals surface area contributed by atoms with Crippen LogP contribution in [0, 0.1) is 5.92 Å². The molecule has 2 heterocycles. The SMILES string of the molecule is O=C([C@@H]1CCCN(Cc2ccc(Cl)cc2)C1)N1CCc2cc(Br)ccc21. The highest BCUT2D eigenvalue weighted by atomic mass is 79.9. The summed E-state index contributed by atoms with van der Waals surface area (Å²) in [6.45, 7) is 3.57. The maximum absolute atomic E-state index is 13.2. The van der Waals surface area contributed by atoms with Crippen LogP contribution in [-0.4, -0.2) is 30.4 Å². The molecule has 5 heteroatoms. The number of likely N-dealkylation sites (tertiary alicyclic amines) is 1. The monoisotopic (exact) mass is 432 g/mol. The van der Waals surface area contributed by atoms with E-state index in [-0.39, 0.29) is 11.8 Å². The third-order valence-electron chi connectivity index (χ3n) is 5.38. The van der Waals surface area contributed by atoms with Crippen LogP contribution in [0.15, 0.2) is 46.9 Å². The summed E-state index contributed by atoms with van der Waals surface area (Å²) in [7, 11) is 0. The largest absolute Gasteiger partial charge is 0.312 e. The van der Waals surface area contributed by atoms with Gasteiger partial charge >= 0.3 is 0 Å². The van der Waals surface area contributed by atoms with Gasteiger partial charge in [-0.1, -0.05) is 39.7 Å². The third kappa shape index (κ3) is 3.83. The quantitative estimate of drug-likeness (QED) is 0.687. The first-order valence-corrected chi connectivity index (χ1v) is 10.3. The Morgan fingerprint density at radius 2 is 1.96 bits per heavy atom. The number of fused-ring (bicyclic) bond motifs is 1. The number of carbonyl (C=O) groups excluding carboxylic acids is 1. The van der Waals surface area contributed by atoms with Crippen LogP contribution in [0.4, 0.5) is 5.69 Å². The predicted octanol–water partition coefficient (Wildman–Crippen LogP) is 4.90. The number of hydrogen-bond acceptors (Lipinski definition) is 2. The van der Waals surface area contributed by atoms with Crippen molar-refractivity contribution < 1.29 is 4.79 Å². The predicted molar refractivity (Wildman–Crippen MR) is 110 cm³/mol. The average molecular weight is 434 g/mol. The van der Waals surface area contributed by atoms with Crippen LogP contribution in [0.5, 0.6) is 0 Å². The molecule has 0 unspecified atom stereocenters. The van der Waals surface area contributed by atoms with E-state index < -0.39 is 0 Å². The van der Waals surface area contributed by atoms with Crippen LogP contribution >= 0.6 is 27.5 Å². The molecular formula is C21H22BrClN2O. The standard InChI is InChI=1S/C21H22BrClN2O/c22-18-5-8-20-16(12-18)9-11-25(20)21(26)17-2-1-10-24(14-17)13-15-3-6-19(23)7-4-15/h3-8,12,17H,1-2,9-11,13-14H2/t17-/m1/s1. The second-order valence-electron chi connectivity index (χ2n) is 7.21. The Hall–Kier alpha value is -1.36. The van der Waals surface area contributed by atoms with Gasteiger partial charge in [0.05, 0.1) is 5.92 Å². The number of halogens is 2. The van der Waals surface area contributed by atoms with Gasteiger partial charge in [-0.05, 0) is 67.3 Å². The van der Waals surface area contributed by atoms with Crippen LogP contribution in [0.25, 0.3) is 0 Å². The van der Waals surface area contributed by atoms with Crippen LogP contribution in [-0.2, 0) is 17.8 Å². The normalized spacial score (nSPS) is 20.2. The molecule has 0 radical (unpaired) electrons. The minimum absolute atomic E-state index is 0.0886. The number of anilines is 1. The molecule has 1 atom stereocenters. The molecule has 2 aromatic carbocycles. The van der Waals surface area contributed by atoms with E-state index >= 15 is 0 Å². The molecule has 0 bridgehead atoms. The summed E-state index contributed by atoms with van der Waals surface area (Å²) >= 11 is 9.50. The summed E-state index contributed by atoms with van der Waals surface area (Å²) in [6.07, 6.45) is 3.01. The Kier molecular flexibility index (Phi) is 5.35. The molecule has 1 amide bonds. The molecule has 1 saturated heterocycles. The van der Waals surface area contributed by atoms with Crippen LogP contribution in [0.1, 0.15) is 24.0 Å². The van der Waals surface area contributed by atoms with Crippen molar-refractivity contribution in [3.05, 3.63) is 63.1 Å². The first kappa shape index (κ1) is 18.0.